The SMILES string of the molecule is CC(C)CC(C)OCCC(=O)N1CCNCC1c1cccnc1. The Morgan fingerprint density at radius 2 is 2.30 bits per heavy atom. The third-order valence-corrected chi connectivity index (χ3v) is 4.15. The van der Waals surface area contributed by atoms with Gasteiger partial charge in [-0.25, -0.2) is 0 Å². The van der Waals surface area contributed by atoms with Gasteiger partial charge < -0.3 is 15.0 Å². The first-order valence-electron chi connectivity index (χ1n) is 8.59. The molecule has 2 unspecified atom stereocenters. The maximum atomic E-state index is 12.6. The van der Waals surface area contributed by atoms with E-state index >= 15 is 0 Å². The Hall–Kier alpha value is -1.46. The van der Waals surface area contributed by atoms with Crippen molar-refractivity contribution in [3.63, 3.8) is 0 Å². The summed E-state index contributed by atoms with van der Waals surface area (Å²) in [5, 5.41) is 3.36. The number of amides is 1. The van der Waals surface area contributed by atoms with Crippen LogP contribution in [0.1, 0.15) is 45.2 Å². The van der Waals surface area contributed by atoms with E-state index in [1.54, 1.807) is 6.20 Å². The van der Waals surface area contributed by atoms with Crippen LogP contribution in [0.25, 0.3) is 0 Å². The number of hydrogen-bond donors (Lipinski definition) is 1. The molecule has 2 heterocycles. The summed E-state index contributed by atoms with van der Waals surface area (Å²) in [5.41, 5.74) is 1.09. The second-order valence-electron chi connectivity index (χ2n) is 6.65. The Kier molecular flexibility index (Phi) is 6.99. The number of rotatable bonds is 7. The fourth-order valence-corrected chi connectivity index (χ4v) is 3.10. The lowest BCUT2D eigenvalue weighted by Crippen LogP contribution is -2.49. The molecule has 0 radical (unpaired) electrons. The molecular weight excluding hydrogens is 290 g/mol. The van der Waals surface area contributed by atoms with Crippen LogP contribution in [0, 0.1) is 5.92 Å². The second-order valence-corrected chi connectivity index (χ2v) is 6.65. The van der Waals surface area contributed by atoms with E-state index in [0.717, 1.165) is 31.6 Å². The van der Waals surface area contributed by atoms with Crippen LogP contribution >= 0.6 is 0 Å². The number of ether oxygens (including phenoxy) is 1. The lowest BCUT2D eigenvalue weighted by atomic mass is 10.0. The summed E-state index contributed by atoms with van der Waals surface area (Å²) in [7, 11) is 0. The Morgan fingerprint density at radius 3 is 3.00 bits per heavy atom. The quantitative estimate of drug-likeness (QED) is 0.838. The number of pyridine rings is 1. The molecule has 128 valence electrons. The second kappa shape index (κ2) is 8.99. The maximum Gasteiger partial charge on any atom is 0.225 e. The monoisotopic (exact) mass is 319 g/mol. The fraction of sp³-hybridized carbons (Fsp3) is 0.667. The smallest absolute Gasteiger partial charge is 0.225 e. The van der Waals surface area contributed by atoms with Gasteiger partial charge in [-0.15, -0.1) is 0 Å². The highest BCUT2D eigenvalue weighted by molar-refractivity contribution is 5.77. The van der Waals surface area contributed by atoms with Crippen molar-refractivity contribution in [2.45, 2.75) is 45.8 Å². The molecule has 0 aromatic carbocycles. The number of carbonyl (C=O) groups excluding carboxylic acids is 1. The molecule has 1 aliphatic heterocycles. The average molecular weight is 319 g/mol. The summed E-state index contributed by atoms with van der Waals surface area (Å²) in [6, 6.07) is 4.02. The third kappa shape index (κ3) is 5.59. The lowest BCUT2D eigenvalue weighted by Gasteiger charge is -2.36. The van der Waals surface area contributed by atoms with E-state index in [1.807, 2.05) is 23.2 Å². The van der Waals surface area contributed by atoms with Crippen molar-refractivity contribution in [1.29, 1.82) is 0 Å². The Balaban J connectivity index is 1.86. The van der Waals surface area contributed by atoms with Crippen molar-refractivity contribution in [2.75, 3.05) is 26.2 Å². The molecule has 0 saturated carbocycles. The summed E-state index contributed by atoms with van der Waals surface area (Å²) in [6.45, 7) is 9.30. The van der Waals surface area contributed by atoms with Gasteiger partial charge in [-0.1, -0.05) is 19.9 Å². The van der Waals surface area contributed by atoms with E-state index in [1.165, 1.54) is 0 Å². The van der Waals surface area contributed by atoms with E-state index in [4.69, 9.17) is 4.74 Å². The highest BCUT2D eigenvalue weighted by Crippen LogP contribution is 2.22. The van der Waals surface area contributed by atoms with Crippen molar-refractivity contribution < 1.29 is 9.53 Å². The van der Waals surface area contributed by atoms with Crippen molar-refractivity contribution >= 4 is 5.91 Å². The molecule has 0 aliphatic carbocycles. The van der Waals surface area contributed by atoms with Gasteiger partial charge in [-0.3, -0.25) is 9.78 Å². The molecule has 0 bridgehead atoms. The Morgan fingerprint density at radius 1 is 1.48 bits per heavy atom. The van der Waals surface area contributed by atoms with Gasteiger partial charge in [0.25, 0.3) is 0 Å². The molecule has 1 N–H and O–H groups in total. The summed E-state index contributed by atoms with van der Waals surface area (Å²) in [5.74, 6) is 0.779. The van der Waals surface area contributed by atoms with Crippen LogP contribution in [0.15, 0.2) is 24.5 Å². The zero-order chi connectivity index (χ0) is 16.7. The van der Waals surface area contributed by atoms with Crippen LogP contribution < -0.4 is 5.32 Å². The van der Waals surface area contributed by atoms with Crippen molar-refractivity contribution in [2.24, 2.45) is 5.92 Å². The van der Waals surface area contributed by atoms with Crippen molar-refractivity contribution in [3.8, 4) is 0 Å². The van der Waals surface area contributed by atoms with Crippen molar-refractivity contribution in [1.82, 2.24) is 15.2 Å². The summed E-state index contributed by atoms with van der Waals surface area (Å²) < 4.78 is 5.78. The van der Waals surface area contributed by atoms with Gasteiger partial charge in [-0.05, 0) is 30.9 Å². The van der Waals surface area contributed by atoms with Crippen LogP contribution in [0.2, 0.25) is 0 Å². The van der Waals surface area contributed by atoms with Crippen LogP contribution in [0.5, 0.6) is 0 Å². The van der Waals surface area contributed by atoms with Crippen molar-refractivity contribution in [3.05, 3.63) is 30.1 Å². The molecule has 5 heteroatoms. The summed E-state index contributed by atoms with van der Waals surface area (Å²) in [4.78, 5) is 18.7. The third-order valence-electron chi connectivity index (χ3n) is 4.15. The van der Waals surface area contributed by atoms with Gasteiger partial charge in [0.15, 0.2) is 0 Å². The zero-order valence-corrected chi connectivity index (χ0v) is 14.5. The van der Waals surface area contributed by atoms with Gasteiger partial charge in [0, 0.05) is 32.0 Å². The number of aromatic nitrogens is 1. The van der Waals surface area contributed by atoms with Gasteiger partial charge in [0.1, 0.15) is 0 Å². The minimum atomic E-state index is 0.0676. The standard InChI is InChI=1S/C18H29N3O2/c1-14(2)11-15(3)23-10-6-18(22)21-9-8-20-13-17(21)16-5-4-7-19-12-16/h4-5,7,12,14-15,17,20H,6,8-11,13H2,1-3H3. The van der Waals surface area contributed by atoms with Gasteiger partial charge in [0.05, 0.1) is 25.2 Å². The van der Waals surface area contributed by atoms with Crippen LogP contribution in [0.3, 0.4) is 0 Å². The molecule has 23 heavy (non-hydrogen) atoms. The average Bonchev–Trinajstić information content (AvgIpc) is 2.55. The molecule has 2 rings (SSSR count). The van der Waals surface area contributed by atoms with Gasteiger partial charge in [0.2, 0.25) is 5.91 Å². The predicted molar refractivity (Wildman–Crippen MR) is 91.0 cm³/mol. The molecule has 1 aromatic rings. The molecule has 2 atom stereocenters. The number of carbonyl (C=O) groups is 1. The fourth-order valence-electron chi connectivity index (χ4n) is 3.10. The van der Waals surface area contributed by atoms with Crippen LogP contribution in [0.4, 0.5) is 0 Å². The zero-order valence-electron chi connectivity index (χ0n) is 14.5. The number of nitrogens with zero attached hydrogens (tertiary/aromatic N) is 2. The van der Waals surface area contributed by atoms with Crippen LogP contribution in [-0.4, -0.2) is 48.1 Å². The number of nitrogens with one attached hydrogen (secondary N) is 1. The highest BCUT2D eigenvalue weighted by Gasteiger charge is 2.27. The van der Waals surface area contributed by atoms with Crippen LogP contribution in [-0.2, 0) is 9.53 Å². The molecule has 0 spiro atoms. The molecule has 1 fully saturated rings. The molecular formula is C18H29N3O2. The highest BCUT2D eigenvalue weighted by atomic mass is 16.5. The topological polar surface area (TPSA) is 54.5 Å². The molecule has 5 nitrogen and oxygen atoms in total. The van der Waals surface area contributed by atoms with Gasteiger partial charge in [-0.2, -0.15) is 0 Å². The molecule has 1 aliphatic rings. The maximum absolute atomic E-state index is 12.6. The minimum absolute atomic E-state index is 0.0676. The molecule has 1 aromatic heterocycles. The van der Waals surface area contributed by atoms with Gasteiger partial charge >= 0.3 is 0 Å². The number of hydrogen-bond acceptors (Lipinski definition) is 4. The van der Waals surface area contributed by atoms with E-state index in [0.29, 0.717) is 18.9 Å². The Bertz CT molecular complexity index is 478. The van der Waals surface area contributed by atoms with E-state index in [2.05, 4.69) is 31.1 Å². The number of piperazine rings is 1. The minimum Gasteiger partial charge on any atom is -0.378 e. The molecule has 1 amide bonds. The normalized spacial score (nSPS) is 19.8. The first-order valence-corrected chi connectivity index (χ1v) is 8.59. The summed E-state index contributed by atoms with van der Waals surface area (Å²) >= 11 is 0. The van der Waals surface area contributed by atoms with E-state index in [-0.39, 0.29) is 18.1 Å². The first kappa shape index (κ1) is 17.9. The largest absolute Gasteiger partial charge is 0.378 e. The van der Waals surface area contributed by atoms with E-state index in [9.17, 15) is 4.79 Å². The Labute approximate surface area is 139 Å². The molecule has 1 saturated heterocycles. The van der Waals surface area contributed by atoms with E-state index < -0.39 is 0 Å². The predicted octanol–water partition coefficient (Wildman–Crippen LogP) is 2.40. The summed E-state index contributed by atoms with van der Waals surface area (Å²) in [6.07, 6.45) is 5.29. The lowest BCUT2D eigenvalue weighted by molar-refractivity contribution is -0.136. The first-order chi connectivity index (χ1) is 11.1.